The van der Waals surface area contributed by atoms with Gasteiger partial charge in [0.05, 0.1) is 5.41 Å². The predicted octanol–water partition coefficient (Wildman–Crippen LogP) is 2.50. The summed E-state index contributed by atoms with van der Waals surface area (Å²) in [5.41, 5.74) is -0.182. The molecule has 70 valence electrons. The zero-order valence-electron chi connectivity index (χ0n) is 7.60. The largest absolute Gasteiger partial charge is 0.461 e. The van der Waals surface area contributed by atoms with Crippen LogP contribution in [0.3, 0.4) is 0 Å². The molecule has 1 rings (SSSR count). The van der Waals surface area contributed by atoms with Gasteiger partial charge in [-0.05, 0) is 12.8 Å². The molecule has 1 atom stereocenters. The molecule has 1 saturated heterocycles. The summed E-state index contributed by atoms with van der Waals surface area (Å²) in [4.78, 5) is 11.5. The number of hydrogen-bond acceptors (Lipinski definition) is 2. The molecule has 0 aromatic heterocycles. The maximum Gasteiger partial charge on any atom is 0.312 e. The maximum atomic E-state index is 11.5. The highest BCUT2D eigenvalue weighted by Gasteiger charge is 2.45. The molecule has 1 aliphatic heterocycles. The van der Waals surface area contributed by atoms with Gasteiger partial charge in [-0.2, -0.15) is 0 Å². The van der Waals surface area contributed by atoms with E-state index in [1.165, 1.54) is 0 Å². The molecule has 1 aliphatic rings. The molecule has 1 unspecified atom stereocenters. The van der Waals surface area contributed by atoms with E-state index in [9.17, 15) is 4.79 Å². The molecule has 1 fully saturated rings. The number of cyclic esters (lactones) is 1. The Labute approximate surface area is 81.8 Å². The second-order valence-electron chi connectivity index (χ2n) is 3.37. The lowest BCUT2D eigenvalue weighted by Gasteiger charge is -2.19. The maximum absolute atomic E-state index is 11.5. The number of esters is 1. The summed E-state index contributed by atoms with van der Waals surface area (Å²) in [6, 6.07) is 0. The number of alkyl halides is 1. The molecule has 0 saturated carbocycles. The van der Waals surface area contributed by atoms with Crippen molar-refractivity contribution in [2.45, 2.75) is 39.2 Å². The molecule has 0 radical (unpaired) electrons. The second-order valence-corrected chi connectivity index (χ2v) is 4.02. The zero-order chi connectivity index (χ0) is 9.19. The van der Waals surface area contributed by atoms with Crippen LogP contribution in [-0.2, 0) is 9.53 Å². The van der Waals surface area contributed by atoms with Crippen molar-refractivity contribution in [1.82, 2.24) is 0 Å². The van der Waals surface area contributed by atoms with Crippen molar-refractivity contribution in [3.8, 4) is 0 Å². The van der Waals surface area contributed by atoms with E-state index in [0.717, 1.165) is 24.6 Å². The number of ether oxygens (including phenoxy) is 1. The number of carbonyl (C=O) groups is 1. The van der Waals surface area contributed by atoms with Crippen LogP contribution < -0.4 is 0 Å². The molecule has 2 nitrogen and oxygen atoms in total. The third-order valence-electron chi connectivity index (χ3n) is 2.85. The van der Waals surface area contributed by atoms with Crippen LogP contribution in [0.4, 0.5) is 0 Å². The van der Waals surface area contributed by atoms with Crippen LogP contribution in [-0.4, -0.2) is 17.4 Å². The molecule has 1 heterocycles. The first-order valence-electron chi connectivity index (χ1n) is 4.45. The zero-order valence-corrected chi connectivity index (χ0v) is 9.19. The summed E-state index contributed by atoms with van der Waals surface area (Å²) < 4.78 is 5.22. The fourth-order valence-electron chi connectivity index (χ4n) is 1.75. The third kappa shape index (κ3) is 1.51. The van der Waals surface area contributed by atoms with Crippen LogP contribution in [0.2, 0.25) is 0 Å². The number of rotatable bonds is 3. The minimum atomic E-state index is -0.182. The standard InChI is InChI=1S/C9H15BrO2/c1-3-9(4-2)5-7(6-10)12-8(9)11/h7H,3-6H2,1-2H3. The lowest BCUT2D eigenvalue weighted by molar-refractivity contribution is -0.148. The fourth-order valence-corrected chi connectivity index (χ4v) is 2.11. The molecule has 0 bridgehead atoms. The van der Waals surface area contributed by atoms with Gasteiger partial charge in [-0.3, -0.25) is 4.79 Å². The average Bonchev–Trinajstić information content (AvgIpc) is 2.43. The highest BCUT2D eigenvalue weighted by atomic mass is 79.9. The first-order valence-corrected chi connectivity index (χ1v) is 5.57. The summed E-state index contributed by atoms with van der Waals surface area (Å²) in [7, 11) is 0. The topological polar surface area (TPSA) is 26.3 Å². The fraction of sp³-hybridized carbons (Fsp3) is 0.889. The highest BCUT2D eigenvalue weighted by Crippen LogP contribution is 2.40. The molecule has 12 heavy (non-hydrogen) atoms. The average molecular weight is 235 g/mol. The van der Waals surface area contributed by atoms with Gasteiger partial charge >= 0.3 is 5.97 Å². The van der Waals surface area contributed by atoms with Gasteiger partial charge < -0.3 is 4.74 Å². The van der Waals surface area contributed by atoms with Gasteiger partial charge in [0.2, 0.25) is 0 Å². The Morgan fingerprint density at radius 1 is 1.58 bits per heavy atom. The van der Waals surface area contributed by atoms with Gasteiger partial charge in [0.25, 0.3) is 0 Å². The third-order valence-corrected chi connectivity index (χ3v) is 3.57. The van der Waals surface area contributed by atoms with E-state index in [1.807, 2.05) is 0 Å². The van der Waals surface area contributed by atoms with Gasteiger partial charge in [0.1, 0.15) is 6.10 Å². The normalized spacial score (nSPS) is 27.2. The lowest BCUT2D eigenvalue weighted by Crippen LogP contribution is -2.24. The van der Waals surface area contributed by atoms with Crippen LogP contribution in [0, 0.1) is 5.41 Å². The lowest BCUT2D eigenvalue weighted by atomic mass is 9.80. The van der Waals surface area contributed by atoms with Crippen molar-refractivity contribution in [2.24, 2.45) is 5.41 Å². The smallest absolute Gasteiger partial charge is 0.312 e. The summed E-state index contributed by atoms with van der Waals surface area (Å²) in [5.74, 6) is -0.00282. The van der Waals surface area contributed by atoms with Gasteiger partial charge in [-0.1, -0.05) is 29.8 Å². The summed E-state index contributed by atoms with van der Waals surface area (Å²) in [6.45, 7) is 4.11. The molecule has 0 spiro atoms. The van der Waals surface area contributed by atoms with Crippen molar-refractivity contribution in [3.05, 3.63) is 0 Å². The SMILES string of the molecule is CCC1(CC)CC(CBr)OC1=O. The van der Waals surface area contributed by atoms with Gasteiger partial charge in [0.15, 0.2) is 0 Å². The van der Waals surface area contributed by atoms with Crippen LogP contribution in [0.5, 0.6) is 0 Å². The Kier molecular flexibility index (Phi) is 3.16. The van der Waals surface area contributed by atoms with Crippen molar-refractivity contribution in [3.63, 3.8) is 0 Å². The quantitative estimate of drug-likeness (QED) is 0.555. The first kappa shape index (κ1) is 10.0. The van der Waals surface area contributed by atoms with Crippen LogP contribution in [0.25, 0.3) is 0 Å². The molecular formula is C9H15BrO2. The Bertz CT molecular complexity index is 175. The van der Waals surface area contributed by atoms with E-state index in [4.69, 9.17) is 4.74 Å². The molecule has 3 heteroatoms. The second kappa shape index (κ2) is 3.77. The summed E-state index contributed by atoms with van der Waals surface area (Å²) in [5, 5.41) is 0.764. The van der Waals surface area contributed by atoms with Crippen LogP contribution >= 0.6 is 15.9 Å². The van der Waals surface area contributed by atoms with E-state index in [1.54, 1.807) is 0 Å². The molecule has 0 aromatic carbocycles. The molecule has 0 N–H and O–H groups in total. The van der Waals surface area contributed by atoms with E-state index in [2.05, 4.69) is 29.8 Å². The highest BCUT2D eigenvalue weighted by molar-refractivity contribution is 9.09. The van der Waals surface area contributed by atoms with Crippen molar-refractivity contribution < 1.29 is 9.53 Å². The van der Waals surface area contributed by atoms with E-state index < -0.39 is 0 Å². The molecule has 0 amide bonds. The molecule has 0 aliphatic carbocycles. The Balaban J connectivity index is 2.72. The van der Waals surface area contributed by atoms with Gasteiger partial charge in [0, 0.05) is 11.8 Å². The van der Waals surface area contributed by atoms with E-state index >= 15 is 0 Å². The number of carbonyl (C=O) groups excluding carboxylic acids is 1. The predicted molar refractivity (Wildman–Crippen MR) is 51.3 cm³/mol. The first-order chi connectivity index (χ1) is 5.68. The van der Waals surface area contributed by atoms with E-state index in [0.29, 0.717) is 0 Å². The van der Waals surface area contributed by atoms with Crippen molar-refractivity contribution in [2.75, 3.05) is 5.33 Å². The minimum absolute atomic E-state index is 0.00282. The van der Waals surface area contributed by atoms with E-state index in [-0.39, 0.29) is 17.5 Å². The van der Waals surface area contributed by atoms with Crippen LogP contribution in [0.1, 0.15) is 33.1 Å². The van der Waals surface area contributed by atoms with Crippen LogP contribution in [0.15, 0.2) is 0 Å². The van der Waals surface area contributed by atoms with Crippen molar-refractivity contribution >= 4 is 21.9 Å². The Hall–Kier alpha value is -0.0500. The molecular weight excluding hydrogens is 220 g/mol. The van der Waals surface area contributed by atoms with Gasteiger partial charge in [-0.15, -0.1) is 0 Å². The van der Waals surface area contributed by atoms with Crippen molar-refractivity contribution in [1.29, 1.82) is 0 Å². The number of hydrogen-bond donors (Lipinski definition) is 0. The Morgan fingerprint density at radius 3 is 2.42 bits per heavy atom. The van der Waals surface area contributed by atoms with Gasteiger partial charge in [-0.25, -0.2) is 0 Å². The summed E-state index contributed by atoms with van der Waals surface area (Å²) in [6.07, 6.45) is 2.76. The number of halogens is 1. The Morgan fingerprint density at radius 2 is 2.17 bits per heavy atom. The molecule has 0 aromatic rings. The summed E-state index contributed by atoms with van der Waals surface area (Å²) >= 11 is 3.34. The minimum Gasteiger partial charge on any atom is -0.461 e. The monoisotopic (exact) mass is 234 g/mol.